The Balaban J connectivity index is 1.28. The molecule has 1 amide bonds. The molecule has 0 bridgehead atoms. The van der Waals surface area contributed by atoms with Crippen LogP contribution < -0.4 is 5.32 Å². The van der Waals surface area contributed by atoms with Crippen LogP contribution in [0.15, 0.2) is 36.7 Å². The zero-order chi connectivity index (χ0) is 20.0. The van der Waals surface area contributed by atoms with Gasteiger partial charge in [-0.05, 0) is 30.0 Å². The van der Waals surface area contributed by atoms with Crippen LogP contribution in [0.2, 0.25) is 0 Å². The van der Waals surface area contributed by atoms with E-state index in [1.807, 2.05) is 28.7 Å². The number of aryl methyl sites for hydroxylation is 1. The van der Waals surface area contributed by atoms with Crippen molar-refractivity contribution < 1.29 is 9.18 Å². The van der Waals surface area contributed by atoms with Gasteiger partial charge < -0.3 is 9.88 Å². The maximum absolute atomic E-state index is 13.4. The van der Waals surface area contributed by atoms with Crippen molar-refractivity contribution in [3.05, 3.63) is 59.7 Å². The Kier molecular flexibility index (Phi) is 4.39. The predicted octanol–water partition coefficient (Wildman–Crippen LogP) is 1.71. The number of halogens is 1. The molecule has 8 nitrogen and oxygen atoms in total. The Bertz CT molecular complexity index is 1060. The molecule has 2 atom stereocenters. The van der Waals surface area contributed by atoms with Crippen molar-refractivity contribution in [3.8, 4) is 0 Å². The fourth-order valence-corrected chi connectivity index (χ4v) is 4.48. The van der Waals surface area contributed by atoms with Crippen molar-refractivity contribution in [3.63, 3.8) is 0 Å². The molecule has 1 aromatic carbocycles. The van der Waals surface area contributed by atoms with Gasteiger partial charge in [0.15, 0.2) is 0 Å². The van der Waals surface area contributed by atoms with E-state index < -0.39 is 5.82 Å². The number of aromatic nitrogens is 5. The lowest BCUT2D eigenvalue weighted by Crippen LogP contribution is -2.31. The molecule has 150 valence electrons. The number of nitrogens with one attached hydrogen (secondary N) is 1. The van der Waals surface area contributed by atoms with Crippen molar-refractivity contribution in [1.82, 2.24) is 29.4 Å². The van der Waals surface area contributed by atoms with E-state index in [2.05, 4.69) is 25.5 Å². The first-order valence-corrected chi connectivity index (χ1v) is 9.74. The normalized spacial score (nSPS) is 21.0. The average Bonchev–Trinajstić information content (AvgIpc) is 3.37. The first-order chi connectivity index (χ1) is 14.0. The van der Waals surface area contributed by atoms with Crippen LogP contribution in [0.1, 0.15) is 22.0 Å². The number of hydrogen-bond donors (Lipinski definition) is 1. The van der Waals surface area contributed by atoms with Gasteiger partial charge in [-0.15, -0.1) is 10.2 Å². The maximum Gasteiger partial charge on any atom is 0.293 e. The smallest absolute Gasteiger partial charge is 0.293 e. The molecule has 0 saturated carbocycles. The topological polar surface area (TPSA) is 80.9 Å². The van der Waals surface area contributed by atoms with Gasteiger partial charge in [-0.25, -0.2) is 4.39 Å². The van der Waals surface area contributed by atoms with Gasteiger partial charge in [0.05, 0.1) is 6.20 Å². The number of anilines is 1. The second-order valence-corrected chi connectivity index (χ2v) is 7.96. The fourth-order valence-electron chi connectivity index (χ4n) is 4.48. The summed E-state index contributed by atoms with van der Waals surface area (Å²) in [6.07, 6.45) is 4.77. The van der Waals surface area contributed by atoms with Crippen LogP contribution in [0.25, 0.3) is 0 Å². The molecule has 0 unspecified atom stereocenters. The Labute approximate surface area is 167 Å². The SMILES string of the molecule is Cn1cc(CN2C[C@H]3Cc4nnc(C(=O)Nc5cccc(F)c5)n4C[C@H]3C2)cn1. The summed E-state index contributed by atoms with van der Waals surface area (Å²) in [6.45, 7) is 3.59. The summed E-state index contributed by atoms with van der Waals surface area (Å²) in [7, 11) is 1.93. The number of rotatable bonds is 4. The maximum atomic E-state index is 13.4. The van der Waals surface area contributed by atoms with Crippen LogP contribution in [-0.2, 0) is 26.6 Å². The molecule has 0 spiro atoms. The first-order valence-electron chi connectivity index (χ1n) is 9.74. The third-order valence-corrected chi connectivity index (χ3v) is 5.79. The Morgan fingerprint density at radius 2 is 2.10 bits per heavy atom. The highest BCUT2D eigenvalue weighted by Gasteiger charge is 2.39. The molecule has 2 aliphatic rings. The molecule has 2 aliphatic heterocycles. The second-order valence-electron chi connectivity index (χ2n) is 7.96. The number of benzene rings is 1. The van der Waals surface area contributed by atoms with Crippen LogP contribution in [0.3, 0.4) is 0 Å². The van der Waals surface area contributed by atoms with Crippen LogP contribution in [0.4, 0.5) is 10.1 Å². The second kappa shape index (κ2) is 7.07. The molecule has 1 fully saturated rings. The number of likely N-dealkylation sites (tertiary alicyclic amines) is 1. The Morgan fingerprint density at radius 3 is 2.90 bits per heavy atom. The van der Waals surface area contributed by atoms with Gasteiger partial charge in [0.25, 0.3) is 5.91 Å². The van der Waals surface area contributed by atoms with Gasteiger partial charge in [-0.3, -0.25) is 14.4 Å². The van der Waals surface area contributed by atoms with Crippen LogP contribution in [-0.4, -0.2) is 48.4 Å². The highest BCUT2D eigenvalue weighted by molar-refractivity contribution is 6.01. The molecule has 5 rings (SSSR count). The fraction of sp³-hybridized carbons (Fsp3) is 0.400. The highest BCUT2D eigenvalue weighted by Crippen LogP contribution is 2.33. The highest BCUT2D eigenvalue weighted by atomic mass is 19.1. The number of nitrogens with zero attached hydrogens (tertiary/aromatic N) is 6. The minimum absolute atomic E-state index is 0.286. The van der Waals surface area contributed by atoms with Crippen LogP contribution in [0.5, 0.6) is 0 Å². The number of amides is 1. The van der Waals surface area contributed by atoms with E-state index in [1.54, 1.807) is 12.1 Å². The van der Waals surface area contributed by atoms with Crippen LogP contribution >= 0.6 is 0 Å². The molecule has 2 aromatic heterocycles. The summed E-state index contributed by atoms with van der Waals surface area (Å²) >= 11 is 0. The largest absolute Gasteiger partial charge is 0.319 e. The van der Waals surface area contributed by atoms with Gasteiger partial charge in [-0.1, -0.05) is 6.07 Å². The number of carbonyl (C=O) groups excluding carboxylic acids is 1. The van der Waals surface area contributed by atoms with E-state index in [0.717, 1.165) is 38.4 Å². The van der Waals surface area contributed by atoms with E-state index in [1.165, 1.54) is 17.7 Å². The molecule has 1 saturated heterocycles. The predicted molar refractivity (Wildman–Crippen MR) is 104 cm³/mol. The molecule has 1 N–H and O–H groups in total. The summed E-state index contributed by atoms with van der Waals surface area (Å²) in [4.78, 5) is 15.1. The molecule has 3 aromatic rings. The van der Waals surface area contributed by atoms with Gasteiger partial charge >= 0.3 is 0 Å². The Hall–Kier alpha value is -3.07. The lowest BCUT2D eigenvalue weighted by atomic mass is 9.89. The summed E-state index contributed by atoms with van der Waals surface area (Å²) in [5.41, 5.74) is 1.62. The average molecular weight is 395 g/mol. The van der Waals surface area contributed by atoms with Crippen molar-refractivity contribution in [2.24, 2.45) is 18.9 Å². The van der Waals surface area contributed by atoms with E-state index in [9.17, 15) is 9.18 Å². The Morgan fingerprint density at radius 1 is 1.24 bits per heavy atom. The zero-order valence-electron chi connectivity index (χ0n) is 16.1. The lowest BCUT2D eigenvalue weighted by Gasteiger charge is -2.25. The number of carbonyl (C=O) groups is 1. The lowest BCUT2D eigenvalue weighted by molar-refractivity contribution is 0.100. The third kappa shape index (κ3) is 3.53. The minimum Gasteiger partial charge on any atom is -0.319 e. The van der Waals surface area contributed by atoms with Gasteiger partial charge in [0, 0.05) is 57.1 Å². The molecular formula is C20H22FN7O. The summed E-state index contributed by atoms with van der Waals surface area (Å²) < 4.78 is 17.1. The number of hydrogen-bond acceptors (Lipinski definition) is 5. The van der Waals surface area contributed by atoms with E-state index in [-0.39, 0.29) is 11.7 Å². The first kappa shape index (κ1) is 18.0. The van der Waals surface area contributed by atoms with Crippen LogP contribution in [0, 0.1) is 17.7 Å². The molecule has 4 heterocycles. The van der Waals surface area contributed by atoms with E-state index in [0.29, 0.717) is 17.5 Å². The van der Waals surface area contributed by atoms with Crippen molar-refractivity contribution in [2.45, 2.75) is 19.5 Å². The summed E-state index contributed by atoms with van der Waals surface area (Å²) in [5.74, 6) is 1.34. The zero-order valence-corrected chi connectivity index (χ0v) is 16.1. The van der Waals surface area contributed by atoms with Gasteiger partial charge in [-0.2, -0.15) is 5.10 Å². The van der Waals surface area contributed by atoms with Crippen molar-refractivity contribution in [2.75, 3.05) is 18.4 Å². The van der Waals surface area contributed by atoms with E-state index >= 15 is 0 Å². The quantitative estimate of drug-likeness (QED) is 0.727. The molecule has 0 aliphatic carbocycles. The minimum atomic E-state index is -0.395. The molecule has 29 heavy (non-hydrogen) atoms. The van der Waals surface area contributed by atoms with Gasteiger partial charge in [0.2, 0.25) is 5.82 Å². The van der Waals surface area contributed by atoms with Crippen molar-refractivity contribution in [1.29, 1.82) is 0 Å². The molecule has 0 radical (unpaired) electrons. The summed E-state index contributed by atoms with van der Waals surface area (Å²) in [5, 5.41) is 15.3. The molecule has 9 heteroatoms. The summed E-state index contributed by atoms with van der Waals surface area (Å²) in [6, 6.07) is 5.84. The monoisotopic (exact) mass is 395 g/mol. The standard InChI is InChI=1S/C20H22FN7O/c1-26-8-13(7-22-26)9-27-10-14-5-18-24-25-19(28(18)12-15(14)11-27)20(29)23-17-4-2-3-16(21)6-17/h2-4,6-8,14-15H,5,9-12H2,1H3,(H,23,29)/t14-,15-/m1/s1. The third-order valence-electron chi connectivity index (χ3n) is 5.79. The van der Waals surface area contributed by atoms with Crippen molar-refractivity contribution >= 4 is 11.6 Å². The molecular weight excluding hydrogens is 373 g/mol. The van der Waals surface area contributed by atoms with E-state index in [4.69, 9.17) is 0 Å². The van der Waals surface area contributed by atoms with Gasteiger partial charge in [0.1, 0.15) is 11.6 Å². The number of fused-ring (bicyclic) bond motifs is 2.